The lowest BCUT2D eigenvalue weighted by atomic mass is 10.1. The summed E-state index contributed by atoms with van der Waals surface area (Å²) in [5.41, 5.74) is 1.92. The summed E-state index contributed by atoms with van der Waals surface area (Å²) >= 11 is 0. The topological polar surface area (TPSA) is 56.8 Å². The molecule has 2 aromatic rings. The molecule has 0 heterocycles. The highest BCUT2D eigenvalue weighted by Gasteiger charge is 2.10. The van der Waals surface area contributed by atoms with Crippen LogP contribution in [0.3, 0.4) is 0 Å². The Bertz CT molecular complexity index is 685. The van der Waals surface area contributed by atoms with E-state index in [0.717, 1.165) is 23.3 Å². The van der Waals surface area contributed by atoms with Crippen LogP contribution in [0, 0.1) is 0 Å². The second-order valence-corrected chi connectivity index (χ2v) is 5.31. The Morgan fingerprint density at radius 2 is 1.71 bits per heavy atom. The molecule has 5 heteroatoms. The Balaban J connectivity index is 1.89. The molecule has 0 fully saturated rings. The third kappa shape index (κ3) is 4.91. The van der Waals surface area contributed by atoms with E-state index in [4.69, 9.17) is 14.2 Å². The predicted octanol–water partition coefficient (Wildman–Crippen LogP) is 2.61. The maximum Gasteiger partial charge on any atom is 0.224 e. The van der Waals surface area contributed by atoms with Crippen LogP contribution in [0.5, 0.6) is 17.2 Å². The summed E-state index contributed by atoms with van der Waals surface area (Å²) in [5.74, 6) is 2.15. The van der Waals surface area contributed by atoms with Crippen molar-refractivity contribution >= 4 is 5.91 Å². The lowest BCUT2D eigenvalue weighted by molar-refractivity contribution is -0.120. The molecule has 0 atom stereocenters. The molecule has 0 aliphatic rings. The number of amides is 1. The van der Waals surface area contributed by atoms with Crippen molar-refractivity contribution in [3.63, 3.8) is 0 Å². The van der Waals surface area contributed by atoms with Gasteiger partial charge in [0.1, 0.15) is 17.2 Å². The van der Waals surface area contributed by atoms with E-state index in [1.54, 1.807) is 27.4 Å². The highest BCUT2D eigenvalue weighted by molar-refractivity contribution is 5.79. The first-order chi connectivity index (χ1) is 11.7. The standard InChI is InChI=1S/C19H23NO4/c1-22-16-6-4-5-14(11-16)9-10-20-19(21)13-15-12-17(23-2)7-8-18(15)24-3/h4-8,11-12H,9-10,13H2,1-3H3,(H,20,21). The molecule has 0 aromatic heterocycles. The smallest absolute Gasteiger partial charge is 0.224 e. The van der Waals surface area contributed by atoms with Crippen molar-refractivity contribution in [2.75, 3.05) is 27.9 Å². The van der Waals surface area contributed by atoms with Crippen LogP contribution in [0.15, 0.2) is 42.5 Å². The average Bonchev–Trinajstić information content (AvgIpc) is 2.61. The summed E-state index contributed by atoms with van der Waals surface area (Å²) < 4.78 is 15.7. The number of hydrogen-bond acceptors (Lipinski definition) is 4. The number of carbonyl (C=O) groups is 1. The molecule has 5 nitrogen and oxygen atoms in total. The molecule has 1 N–H and O–H groups in total. The van der Waals surface area contributed by atoms with E-state index < -0.39 is 0 Å². The van der Waals surface area contributed by atoms with Gasteiger partial charge in [-0.25, -0.2) is 0 Å². The number of nitrogens with one attached hydrogen (secondary N) is 1. The number of rotatable bonds is 8. The minimum atomic E-state index is -0.0514. The molecule has 0 saturated heterocycles. The van der Waals surface area contributed by atoms with Gasteiger partial charge in [-0.15, -0.1) is 0 Å². The fourth-order valence-corrected chi connectivity index (χ4v) is 2.43. The molecular weight excluding hydrogens is 306 g/mol. The van der Waals surface area contributed by atoms with E-state index in [9.17, 15) is 4.79 Å². The Kier molecular flexibility index (Phi) is 6.49. The van der Waals surface area contributed by atoms with Crippen LogP contribution in [0.4, 0.5) is 0 Å². The molecule has 24 heavy (non-hydrogen) atoms. The van der Waals surface area contributed by atoms with Crippen molar-refractivity contribution in [2.45, 2.75) is 12.8 Å². The zero-order valence-corrected chi connectivity index (χ0v) is 14.3. The molecular formula is C19H23NO4. The van der Waals surface area contributed by atoms with E-state index in [-0.39, 0.29) is 12.3 Å². The number of methoxy groups -OCH3 is 3. The normalized spacial score (nSPS) is 10.1. The zero-order valence-electron chi connectivity index (χ0n) is 14.3. The summed E-state index contributed by atoms with van der Waals surface area (Å²) in [6.45, 7) is 0.568. The van der Waals surface area contributed by atoms with Gasteiger partial charge >= 0.3 is 0 Å². The predicted molar refractivity (Wildman–Crippen MR) is 93.0 cm³/mol. The maximum atomic E-state index is 12.2. The summed E-state index contributed by atoms with van der Waals surface area (Å²) in [6.07, 6.45) is 0.997. The zero-order chi connectivity index (χ0) is 17.4. The fourth-order valence-electron chi connectivity index (χ4n) is 2.43. The lowest BCUT2D eigenvalue weighted by Crippen LogP contribution is -2.27. The van der Waals surface area contributed by atoms with Crippen LogP contribution in [0.2, 0.25) is 0 Å². The molecule has 128 valence electrons. The molecule has 0 spiro atoms. The molecule has 0 saturated carbocycles. The lowest BCUT2D eigenvalue weighted by Gasteiger charge is -2.11. The first kappa shape index (κ1) is 17.7. The first-order valence-electron chi connectivity index (χ1n) is 7.76. The van der Waals surface area contributed by atoms with Crippen molar-refractivity contribution < 1.29 is 19.0 Å². The third-order valence-corrected chi connectivity index (χ3v) is 3.71. The summed E-state index contributed by atoms with van der Waals surface area (Å²) in [5, 5.41) is 2.93. The van der Waals surface area contributed by atoms with Gasteiger partial charge in [0.15, 0.2) is 0 Å². The first-order valence-corrected chi connectivity index (χ1v) is 7.76. The Hall–Kier alpha value is -2.69. The summed E-state index contributed by atoms with van der Waals surface area (Å²) in [4.78, 5) is 12.2. The van der Waals surface area contributed by atoms with Crippen molar-refractivity contribution in [1.82, 2.24) is 5.32 Å². The number of carbonyl (C=O) groups excluding carboxylic acids is 1. The Morgan fingerprint density at radius 3 is 2.42 bits per heavy atom. The Morgan fingerprint density at radius 1 is 0.958 bits per heavy atom. The maximum absolute atomic E-state index is 12.2. The van der Waals surface area contributed by atoms with Crippen LogP contribution in [0.1, 0.15) is 11.1 Å². The van der Waals surface area contributed by atoms with Gasteiger partial charge in [0, 0.05) is 12.1 Å². The van der Waals surface area contributed by atoms with E-state index >= 15 is 0 Å². The van der Waals surface area contributed by atoms with Crippen LogP contribution < -0.4 is 19.5 Å². The monoisotopic (exact) mass is 329 g/mol. The SMILES string of the molecule is COc1cccc(CCNC(=O)Cc2cc(OC)ccc2OC)c1. The van der Waals surface area contributed by atoms with E-state index in [1.807, 2.05) is 36.4 Å². The highest BCUT2D eigenvalue weighted by atomic mass is 16.5. The van der Waals surface area contributed by atoms with E-state index in [2.05, 4.69) is 5.32 Å². The van der Waals surface area contributed by atoms with Crippen LogP contribution in [0.25, 0.3) is 0 Å². The van der Waals surface area contributed by atoms with Crippen LogP contribution in [-0.4, -0.2) is 33.8 Å². The second kappa shape index (κ2) is 8.82. The van der Waals surface area contributed by atoms with Crippen LogP contribution in [-0.2, 0) is 17.6 Å². The van der Waals surface area contributed by atoms with Crippen molar-refractivity contribution in [1.29, 1.82) is 0 Å². The molecule has 2 rings (SSSR count). The van der Waals surface area contributed by atoms with Crippen molar-refractivity contribution in [2.24, 2.45) is 0 Å². The molecule has 0 aliphatic carbocycles. The second-order valence-electron chi connectivity index (χ2n) is 5.31. The number of ether oxygens (including phenoxy) is 3. The average molecular weight is 329 g/mol. The minimum absolute atomic E-state index is 0.0514. The van der Waals surface area contributed by atoms with Gasteiger partial charge in [-0.05, 0) is 42.3 Å². The van der Waals surface area contributed by atoms with Gasteiger partial charge in [0.05, 0.1) is 27.8 Å². The van der Waals surface area contributed by atoms with Gasteiger partial charge in [-0.3, -0.25) is 4.79 Å². The summed E-state index contributed by atoms with van der Waals surface area (Å²) in [6, 6.07) is 13.3. The molecule has 0 aliphatic heterocycles. The van der Waals surface area contributed by atoms with Gasteiger partial charge in [-0.1, -0.05) is 12.1 Å². The molecule has 1 amide bonds. The van der Waals surface area contributed by atoms with Gasteiger partial charge in [-0.2, -0.15) is 0 Å². The van der Waals surface area contributed by atoms with Crippen molar-refractivity contribution in [3.05, 3.63) is 53.6 Å². The third-order valence-electron chi connectivity index (χ3n) is 3.71. The van der Waals surface area contributed by atoms with E-state index in [1.165, 1.54) is 0 Å². The van der Waals surface area contributed by atoms with Gasteiger partial charge in [0.2, 0.25) is 5.91 Å². The quantitative estimate of drug-likeness (QED) is 0.809. The minimum Gasteiger partial charge on any atom is -0.497 e. The number of benzene rings is 2. The van der Waals surface area contributed by atoms with Gasteiger partial charge in [0.25, 0.3) is 0 Å². The highest BCUT2D eigenvalue weighted by Crippen LogP contribution is 2.24. The molecule has 0 bridgehead atoms. The fraction of sp³-hybridized carbons (Fsp3) is 0.316. The molecule has 0 radical (unpaired) electrons. The van der Waals surface area contributed by atoms with Gasteiger partial charge < -0.3 is 19.5 Å². The van der Waals surface area contributed by atoms with E-state index in [0.29, 0.717) is 18.0 Å². The molecule has 2 aromatic carbocycles. The van der Waals surface area contributed by atoms with Crippen molar-refractivity contribution in [3.8, 4) is 17.2 Å². The molecule has 0 unspecified atom stereocenters. The summed E-state index contributed by atoms with van der Waals surface area (Å²) in [7, 11) is 4.83. The Labute approximate surface area is 142 Å². The number of hydrogen-bond donors (Lipinski definition) is 1. The largest absolute Gasteiger partial charge is 0.497 e. The van der Waals surface area contributed by atoms with Crippen LogP contribution >= 0.6 is 0 Å².